The average molecular weight is 608 g/mol. The number of hydrogen-bond donors (Lipinski definition) is 1. The van der Waals surface area contributed by atoms with Crippen LogP contribution in [0.2, 0.25) is 5.02 Å². The zero-order valence-electron chi connectivity index (χ0n) is 23.3. The van der Waals surface area contributed by atoms with Crippen molar-refractivity contribution in [3.05, 3.63) is 34.7 Å². The molecule has 0 spiro atoms. The Kier molecular flexibility index (Phi) is 13.9. The third kappa shape index (κ3) is 9.76. The Morgan fingerprint density at radius 3 is 1.93 bits per heavy atom. The van der Waals surface area contributed by atoms with Crippen LogP contribution in [-0.2, 0) is 16.2 Å². The van der Waals surface area contributed by atoms with Crippen molar-refractivity contribution in [3.63, 3.8) is 0 Å². The first-order valence-electron chi connectivity index (χ1n) is 14.1. The number of carbonyl (C=O) groups is 1. The lowest BCUT2D eigenvalue weighted by molar-refractivity contribution is -0.146. The smallest absolute Gasteiger partial charge is 0.450 e. The number of rotatable bonds is 19. The molecule has 0 fully saturated rings. The van der Waals surface area contributed by atoms with Gasteiger partial charge in [-0.2, -0.15) is 13.2 Å². The number of imidazole rings is 1. The second-order valence-electron chi connectivity index (χ2n) is 10.1. The van der Waals surface area contributed by atoms with Crippen molar-refractivity contribution >= 4 is 27.9 Å². The SMILES string of the molecule is CCCCCCCCCCCCCCCCN(C)S(=O)(=O)c1ccc(Cl)c(-n2c(C(F)(F)F)nc(C=O)c2O)c1. The highest BCUT2D eigenvalue weighted by atomic mass is 35.5. The maximum absolute atomic E-state index is 13.5. The highest BCUT2D eigenvalue weighted by Gasteiger charge is 2.40. The fraction of sp³-hybridized carbons (Fsp3) is 0.643. The maximum Gasteiger partial charge on any atom is 0.450 e. The number of sulfonamides is 1. The number of carbonyl (C=O) groups excluding carboxylic acids is 1. The van der Waals surface area contributed by atoms with Gasteiger partial charge in [0.25, 0.3) is 0 Å². The van der Waals surface area contributed by atoms with Gasteiger partial charge in [0.15, 0.2) is 12.0 Å². The second-order valence-corrected chi connectivity index (χ2v) is 12.6. The number of hydrogen-bond acceptors (Lipinski definition) is 5. The van der Waals surface area contributed by atoms with Crippen molar-refractivity contribution < 1.29 is 31.5 Å². The summed E-state index contributed by atoms with van der Waals surface area (Å²) in [6.45, 7) is 2.47. The minimum Gasteiger partial charge on any atom is -0.493 e. The van der Waals surface area contributed by atoms with Crippen LogP contribution >= 0.6 is 11.6 Å². The fourth-order valence-corrected chi connectivity index (χ4v) is 6.01. The Bertz CT molecular complexity index is 1190. The molecule has 0 bridgehead atoms. The lowest BCUT2D eigenvalue weighted by Crippen LogP contribution is -2.28. The zero-order valence-corrected chi connectivity index (χ0v) is 24.9. The van der Waals surface area contributed by atoms with Gasteiger partial charge in [0, 0.05) is 13.6 Å². The van der Waals surface area contributed by atoms with E-state index >= 15 is 0 Å². The summed E-state index contributed by atoms with van der Waals surface area (Å²) in [6.07, 6.45) is 11.4. The maximum atomic E-state index is 13.5. The summed E-state index contributed by atoms with van der Waals surface area (Å²) in [6, 6.07) is 3.25. The molecule has 1 aromatic carbocycles. The van der Waals surface area contributed by atoms with E-state index < -0.39 is 39.3 Å². The lowest BCUT2D eigenvalue weighted by Gasteiger charge is -2.19. The van der Waals surface area contributed by atoms with Crippen LogP contribution in [0.15, 0.2) is 23.1 Å². The molecule has 1 N–H and O–H groups in total. The van der Waals surface area contributed by atoms with Gasteiger partial charge in [0.1, 0.15) is 0 Å². The first-order chi connectivity index (χ1) is 18.9. The molecule has 0 radical (unpaired) electrons. The van der Waals surface area contributed by atoms with Gasteiger partial charge in [0.2, 0.25) is 21.7 Å². The molecule has 2 aromatic rings. The molecule has 0 amide bonds. The van der Waals surface area contributed by atoms with Gasteiger partial charge in [-0.1, -0.05) is 102 Å². The predicted molar refractivity (Wildman–Crippen MR) is 151 cm³/mol. The van der Waals surface area contributed by atoms with Crippen LogP contribution in [0.3, 0.4) is 0 Å². The Morgan fingerprint density at radius 1 is 0.950 bits per heavy atom. The average Bonchev–Trinajstić information content (AvgIpc) is 3.25. The quantitative estimate of drug-likeness (QED) is 0.128. The number of alkyl halides is 3. The van der Waals surface area contributed by atoms with E-state index in [0.29, 0.717) is 6.42 Å². The number of aromatic hydroxyl groups is 1. The molecule has 1 heterocycles. The molecule has 0 aliphatic heterocycles. The van der Waals surface area contributed by atoms with Gasteiger partial charge >= 0.3 is 6.18 Å². The molecule has 226 valence electrons. The number of nitrogens with zero attached hydrogens (tertiary/aromatic N) is 3. The summed E-state index contributed by atoms with van der Waals surface area (Å²) >= 11 is 6.09. The second kappa shape index (κ2) is 16.4. The molecule has 2 rings (SSSR count). The van der Waals surface area contributed by atoms with E-state index in [9.17, 15) is 31.5 Å². The molecule has 7 nitrogen and oxygen atoms in total. The van der Waals surface area contributed by atoms with Gasteiger partial charge in [-0.05, 0) is 24.6 Å². The molecule has 0 aliphatic rings. The number of aromatic nitrogens is 2. The minimum atomic E-state index is -5.04. The molecule has 0 aliphatic carbocycles. The van der Waals surface area contributed by atoms with Crippen LogP contribution in [-0.4, -0.2) is 47.3 Å². The predicted octanol–water partition coefficient (Wildman–Crippen LogP) is 8.16. The van der Waals surface area contributed by atoms with Gasteiger partial charge in [-0.3, -0.25) is 9.36 Å². The van der Waals surface area contributed by atoms with E-state index in [4.69, 9.17) is 11.6 Å². The molecular weight excluding hydrogens is 567 g/mol. The van der Waals surface area contributed by atoms with Crippen LogP contribution in [0.1, 0.15) is 113 Å². The Balaban J connectivity index is 1.88. The Morgan fingerprint density at radius 2 is 1.45 bits per heavy atom. The van der Waals surface area contributed by atoms with E-state index in [2.05, 4.69) is 11.9 Å². The molecule has 0 saturated heterocycles. The van der Waals surface area contributed by atoms with Crippen LogP contribution in [0, 0.1) is 0 Å². The monoisotopic (exact) mass is 607 g/mol. The fourth-order valence-electron chi connectivity index (χ4n) is 4.58. The highest BCUT2D eigenvalue weighted by Crippen LogP contribution is 2.37. The van der Waals surface area contributed by atoms with Gasteiger partial charge in [-0.15, -0.1) is 0 Å². The normalized spacial score (nSPS) is 12.4. The molecule has 0 unspecified atom stereocenters. The Hall–Kier alpha value is -2.11. The third-order valence-electron chi connectivity index (χ3n) is 6.94. The largest absolute Gasteiger partial charge is 0.493 e. The van der Waals surface area contributed by atoms with Crippen molar-refractivity contribution in [2.24, 2.45) is 0 Å². The molecular formula is C28H41ClF3N3O4S. The van der Waals surface area contributed by atoms with Crippen molar-refractivity contribution in [2.45, 2.75) is 108 Å². The van der Waals surface area contributed by atoms with E-state index in [1.165, 1.54) is 77.3 Å². The van der Waals surface area contributed by atoms with Gasteiger partial charge < -0.3 is 5.11 Å². The summed E-state index contributed by atoms with van der Waals surface area (Å²) in [7, 11) is -2.65. The van der Waals surface area contributed by atoms with Crippen LogP contribution in [0.4, 0.5) is 13.2 Å². The molecule has 12 heteroatoms. The summed E-state index contributed by atoms with van der Waals surface area (Å²) in [4.78, 5) is 13.9. The van der Waals surface area contributed by atoms with E-state index in [1.54, 1.807) is 0 Å². The van der Waals surface area contributed by atoms with E-state index in [-0.39, 0.29) is 27.3 Å². The van der Waals surface area contributed by atoms with Crippen LogP contribution in [0.5, 0.6) is 5.88 Å². The highest BCUT2D eigenvalue weighted by molar-refractivity contribution is 7.89. The van der Waals surface area contributed by atoms with Gasteiger partial charge in [0.05, 0.1) is 15.6 Å². The summed E-state index contributed by atoms with van der Waals surface area (Å²) in [5.41, 5.74) is -1.30. The number of unbranched alkanes of at least 4 members (excludes halogenated alkanes) is 13. The van der Waals surface area contributed by atoms with Gasteiger partial charge in [-0.25, -0.2) is 17.7 Å². The molecule has 0 saturated carbocycles. The minimum absolute atomic E-state index is 0.0279. The first kappa shape index (κ1) is 34.1. The number of aldehydes is 1. The van der Waals surface area contributed by atoms with Crippen molar-refractivity contribution in [3.8, 4) is 11.6 Å². The first-order valence-corrected chi connectivity index (χ1v) is 15.9. The summed E-state index contributed by atoms with van der Waals surface area (Å²) < 4.78 is 68.3. The topological polar surface area (TPSA) is 92.5 Å². The zero-order chi connectivity index (χ0) is 29.8. The van der Waals surface area contributed by atoms with E-state index in [1.807, 2.05) is 0 Å². The molecule has 1 aromatic heterocycles. The summed E-state index contributed by atoms with van der Waals surface area (Å²) in [5, 5.41) is 9.94. The van der Waals surface area contributed by atoms with Crippen molar-refractivity contribution in [2.75, 3.05) is 13.6 Å². The molecule has 40 heavy (non-hydrogen) atoms. The van der Waals surface area contributed by atoms with E-state index in [0.717, 1.165) is 35.7 Å². The number of benzene rings is 1. The van der Waals surface area contributed by atoms with Crippen LogP contribution in [0.25, 0.3) is 5.69 Å². The standard InChI is InChI=1S/C28H41ClF3N3O4S/c1-3-4-5-6-7-8-9-10-11-12-13-14-15-16-19-34(2)40(38,39)22-17-18-23(29)25(20-22)35-26(37)24(21-36)33-27(35)28(30,31)32/h17-18,20-21,37H,3-16,19H2,1-2H3. The van der Waals surface area contributed by atoms with Crippen LogP contribution < -0.4 is 0 Å². The summed E-state index contributed by atoms with van der Waals surface area (Å²) in [5.74, 6) is -2.69. The van der Waals surface area contributed by atoms with Crippen molar-refractivity contribution in [1.29, 1.82) is 0 Å². The Labute approximate surface area is 240 Å². The third-order valence-corrected chi connectivity index (χ3v) is 9.11. The van der Waals surface area contributed by atoms with Crippen molar-refractivity contribution in [1.82, 2.24) is 13.9 Å². The number of halogens is 4. The lowest BCUT2D eigenvalue weighted by atomic mass is 10.0. The molecule has 0 atom stereocenters.